The summed E-state index contributed by atoms with van der Waals surface area (Å²) < 4.78 is 0. The lowest BCUT2D eigenvalue weighted by Gasteiger charge is -2.06. The highest BCUT2D eigenvalue weighted by atomic mass is 35.5. The summed E-state index contributed by atoms with van der Waals surface area (Å²) in [5.41, 5.74) is 2.33. The molecule has 18 heavy (non-hydrogen) atoms. The number of hydrogen-bond donors (Lipinski definition) is 2. The van der Waals surface area contributed by atoms with E-state index in [1.165, 1.54) is 11.9 Å². The Hall–Kier alpha value is -1.39. The van der Waals surface area contributed by atoms with Crippen molar-refractivity contribution in [2.45, 2.75) is 26.3 Å². The number of rotatable bonds is 6. The van der Waals surface area contributed by atoms with Crippen molar-refractivity contribution in [3.63, 3.8) is 0 Å². The summed E-state index contributed by atoms with van der Waals surface area (Å²) in [6.45, 7) is 3.81. The molecule has 0 radical (unpaired) electrons. The average molecular weight is 265 g/mol. The van der Waals surface area contributed by atoms with Gasteiger partial charge in [0.05, 0.1) is 0 Å². The van der Waals surface area contributed by atoms with E-state index in [4.69, 9.17) is 11.6 Å². The number of aromatic amines is 1. The van der Waals surface area contributed by atoms with Crippen LogP contribution in [0.2, 0.25) is 5.02 Å². The summed E-state index contributed by atoms with van der Waals surface area (Å²) in [7, 11) is 0. The summed E-state index contributed by atoms with van der Waals surface area (Å²) in [5.74, 6) is 0.940. The SMILES string of the molecule is Cc1ccc(CNCCCc2ncn[nH]2)cc1Cl. The summed E-state index contributed by atoms with van der Waals surface area (Å²) in [6, 6.07) is 6.17. The van der Waals surface area contributed by atoms with Gasteiger partial charge in [-0.1, -0.05) is 23.7 Å². The smallest absolute Gasteiger partial charge is 0.137 e. The minimum Gasteiger partial charge on any atom is -0.313 e. The van der Waals surface area contributed by atoms with Crippen molar-refractivity contribution < 1.29 is 0 Å². The molecule has 1 aromatic heterocycles. The minimum atomic E-state index is 0.830. The van der Waals surface area contributed by atoms with E-state index in [0.717, 1.165) is 42.3 Å². The molecular weight excluding hydrogens is 248 g/mol. The molecule has 4 nitrogen and oxygen atoms in total. The van der Waals surface area contributed by atoms with Crippen LogP contribution in [0, 0.1) is 6.92 Å². The van der Waals surface area contributed by atoms with Crippen molar-refractivity contribution in [2.24, 2.45) is 0 Å². The van der Waals surface area contributed by atoms with Crippen LogP contribution >= 0.6 is 11.6 Å². The Morgan fingerprint density at radius 1 is 1.39 bits per heavy atom. The summed E-state index contributed by atoms with van der Waals surface area (Å²) in [6.07, 6.45) is 3.49. The Morgan fingerprint density at radius 3 is 3.00 bits per heavy atom. The molecule has 0 aliphatic rings. The first-order valence-corrected chi connectivity index (χ1v) is 6.43. The van der Waals surface area contributed by atoms with E-state index >= 15 is 0 Å². The van der Waals surface area contributed by atoms with Gasteiger partial charge in [0.15, 0.2) is 0 Å². The number of aromatic nitrogens is 3. The van der Waals surface area contributed by atoms with E-state index in [0.29, 0.717) is 0 Å². The number of hydrogen-bond acceptors (Lipinski definition) is 3. The molecule has 2 rings (SSSR count). The van der Waals surface area contributed by atoms with Crippen LogP contribution in [0.1, 0.15) is 23.4 Å². The summed E-state index contributed by atoms with van der Waals surface area (Å²) in [5, 5.41) is 10.9. The average Bonchev–Trinajstić information content (AvgIpc) is 2.86. The van der Waals surface area contributed by atoms with Crippen LogP contribution in [0.3, 0.4) is 0 Å². The predicted molar refractivity (Wildman–Crippen MR) is 72.6 cm³/mol. The van der Waals surface area contributed by atoms with Crippen molar-refractivity contribution in [1.29, 1.82) is 0 Å². The van der Waals surface area contributed by atoms with Crippen LogP contribution in [-0.4, -0.2) is 21.7 Å². The third-order valence-corrected chi connectivity index (χ3v) is 3.20. The van der Waals surface area contributed by atoms with Crippen molar-refractivity contribution in [2.75, 3.05) is 6.54 Å². The van der Waals surface area contributed by atoms with Gasteiger partial charge in [0.25, 0.3) is 0 Å². The molecule has 0 aliphatic carbocycles. The van der Waals surface area contributed by atoms with Gasteiger partial charge in [-0.15, -0.1) is 0 Å². The van der Waals surface area contributed by atoms with Crippen LogP contribution in [0.15, 0.2) is 24.5 Å². The molecule has 0 bridgehead atoms. The van der Waals surface area contributed by atoms with Crippen molar-refractivity contribution in [3.05, 3.63) is 46.5 Å². The lowest BCUT2D eigenvalue weighted by atomic mass is 10.1. The quantitative estimate of drug-likeness (QED) is 0.788. The van der Waals surface area contributed by atoms with Crippen molar-refractivity contribution >= 4 is 11.6 Å². The maximum Gasteiger partial charge on any atom is 0.137 e. The minimum absolute atomic E-state index is 0.830. The van der Waals surface area contributed by atoms with Crippen LogP contribution in [0.4, 0.5) is 0 Å². The van der Waals surface area contributed by atoms with Gasteiger partial charge in [0.2, 0.25) is 0 Å². The van der Waals surface area contributed by atoms with Crippen molar-refractivity contribution in [1.82, 2.24) is 20.5 Å². The van der Waals surface area contributed by atoms with E-state index in [-0.39, 0.29) is 0 Å². The molecule has 2 aromatic rings. The first kappa shape index (κ1) is 13.1. The van der Waals surface area contributed by atoms with Gasteiger partial charge in [-0.3, -0.25) is 5.10 Å². The third-order valence-electron chi connectivity index (χ3n) is 2.80. The van der Waals surface area contributed by atoms with E-state index < -0.39 is 0 Å². The van der Waals surface area contributed by atoms with Gasteiger partial charge in [0.1, 0.15) is 12.2 Å². The molecule has 96 valence electrons. The van der Waals surface area contributed by atoms with Gasteiger partial charge in [-0.2, -0.15) is 5.10 Å². The zero-order valence-electron chi connectivity index (χ0n) is 10.4. The van der Waals surface area contributed by atoms with Gasteiger partial charge in [0, 0.05) is 18.0 Å². The first-order valence-electron chi connectivity index (χ1n) is 6.05. The Balaban J connectivity index is 1.67. The monoisotopic (exact) mass is 264 g/mol. The van der Waals surface area contributed by atoms with Gasteiger partial charge >= 0.3 is 0 Å². The fraction of sp³-hybridized carbons (Fsp3) is 0.385. The topological polar surface area (TPSA) is 53.6 Å². The molecule has 0 aliphatic heterocycles. The predicted octanol–water partition coefficient (Wildman–Crippen LogP) is 2.49. The molecule has 1 aromatic carbocycles. The van der Waals surface area contributed by atoms with Crippen molar-refractivity contribution in [3.8, 4) is 0 Å². The lowest BCUT2D eigenvalue weighted by Crippen LogP contribution is -2.15. The second-order valence-corrected chi connectivity index (χ2v) is 4.70. The number of H-pyrrole nitrogens is 1. The Labute approximate surface area is 112 Å². The number of aryl methyl sites for hydroxylation is 2. The molecule has 0 saturated carbocycles. The summed E-state index contributed by atoms with van der Waals surface area (Å²) >= 11 is 6.07. The van der Waals surface area contributed by atoms with Crippen LogP contribution in [-0.2, 0) is 13.0 Å². The highest BCUT2D eigenvalue weighted by Crippen LogP contribution is 2.16. The Morgan fingerprint density at radius 2 is 2.28 bits per heavy atom. The van der Waals surface area contributed by atoms with Gasteiger partial charge in [-0.25, -0.2) is 4.98 Å². The first-order chi connectivity index (χ1) is 8.75. The zero-order valence-corrected chi connectivity index (χ0v) is 11.2. The number of nitrogens with one attached hydrogen (secondary N) is 2. The fourth-order valence-corrected chi connectivity index (χ4v) is 1.91. The van der Waals surface area contributed by atoms with Crippen LogP contribution in [0.5, 0.6) is 0 Å². The number of halogens is 1. The maximum absolute atomic E-state index is 6.07. The molecule has 0 spiro atoms. The van der Waals surface area contributed by atoms with Gasteiger partial charge < -0.3 is 5.32 Å². The molecular formula is C13H17ClN4. The third kappa shape index (κ3) is 3.82. The van der Waals surface area contributed by atoms with E-state index in [1.54, 1.807) is 0 Å². The molecule has 2 N–H and O–H groups in total. The van der Waals surface area contributed by atoms with Crippen LogP contribution in [0.25, 0.3) is 0 Å². The molecule has 0 amide bonds. The standard InChI is InChI=1S/C13H17ClN4/c1-10-4-5-11(7-12(10)14)8-15-6-2-3-13-16-9-17-18-13/h4-5,7,9,15H,2-3,6,8H2,1H3,(H,16,17,18). The molecule has 1 heterocycles. The van der Waals surface area contributed by atoms with E-state index in [9.17, 15) is 0 Å². The highest BCUT2D eigenvalue weighted by molar-refractivity contribution is 6.31. The molecule has 5 heteroatoms. The van der Waals surface area contributed by atoms with E-state index in [1.807, 2.05) is 19.1 Å². The highest BCUT2D eigenvalue weighted by Gasteiger charge is 1.98. The second kappa shape index (κ2) is 6.52. The molecule has 0 fully saturated rings. The Kier molecular flexibility index (Phi) is 4.73. The Bertz CT molecular complexity index is 482. The molecule has 0 saturated heterocycles. The fourth-order valence-electron chi connectivity index (χ4n) is 1.71. The summed E-state index contributed by atoms with van der Waals surface area (Å²) in [4.78, 5) is 4.08. The maximum atomic E-state index is 6.07. The second-order valence-electron chi connectivity index (χ2n) is 4.30. The molecule has 0 atom stereocenters. The number of nitrogens with zero attached hydrogens (tertiary/aromatic N) is 2. The molecule has 0 unspecified atom stereocenters. The van der Waals surface area contributed by atoms with Gasteiger partial charge in [-0.05, 0) is 37.1 Å². The lowest BCUT2D eigenvalue weighted by molar-refractivity contribution is 0.639. The normalized spacial score (nSPS) is 10.8. The van der Waals surface area contributed by atoms with Crippen LogP contribution < -0.4 is 5.32 Å². The number of benzene rings is 1. The zero-order chi connectivity index (χ0) is 12.8. The largest absolute Gasteiger partial charge is 0.313 e. The van der Waals surface area contributed by atoms with E-state index in [2.05, 4.69) is 26.6 Å².